The van der Waals surface area contributed by atoms with Gasteiger partial charge >= 0.3 is 6.03 Å². The minimum atomic E-state index is -0.861. The number of benzene rings is 3. The number of rotatable bonds is 6. The van der Waals surface area contributed by atoms with E-state index in [1.54, 1.807) is 12.1 Å². The van der Waals surface area contributed by atoms with Gasteiger partial charge in [-0.3, -0.25) is 4.79 Å². The van der Waals surface area contributed by atoms with E-state index in [1.807, 2.05) is 86.6 Å². The molecule has 0 radical (unpaired) electrons. The van der Waals surface area contributed by atoms with E-state index in [9.17, 15) is 9.59 Å². The predicted molar refractivity (Wildman–Crippen MR) is 125 cm³/mol. The van der Waals surface area contributed by atoms with Crippen LogP contribution >= 0.6 is 0 Å². The van der Waals surface area contributed by atoms with Crippen LogP contribution in [-0.2, 0) is 4.79 Å². The monoisotopic (exact) mass is 427 g/mol. The number of amides is 3. The van der Waals surface area contributed by atoms with E-state index in [4.69, 9.17) is 4.42 Å². The third kappa shape index (κ3) is 4.64. The summed E-state index contributed by atoms with van der Waals surface area (Å²) in [5, 5.41) is 9.57. The van der Waals surface area contributed by atoms with Crippen LogP contribution in [0.15, 0.2) is 89.3 Å². The Bertz CT molecular complexity index is 1220. The van der Waals surface area contributed by atoms with Gasteiger partial charge in [0.2, 0.25) is 0 Å². The van der Waals surface area contributed by atoms with Crippen LogP contribution in [0.2, 0.25) is 0 Å². The molecule has 1 aromatic heterocycles. The molecular formula is C26H25N3O3. The van der Waals surface area contributed by atoms with Gasteiger partial charge in [-0.15, -0.1) is 0 Å². The molecule has 0 aliphatic rings. The van der Waals surface area contributed by atoms with Crippen LogP contribution in [0.4, 0.5) is 10.5 Å². The predicted octanol–water partition coefficient (Wildman–Crippen LogP) is 5.48. The van der Waals surface area contributed by atoms with Crippen molar-refractivity contribution >= 4 is 28.6 Å². The normalized spacial score (nSPS) is 12.7. The Morgan fingerprint density at radius 3 is 2.12 bits per heavy atom. The second kappa shape index (κ2) is 9.39. The first-order chi connectivity index (χ1) is 15.5. The summed E-state index contributed by atoms with van der Waals surface area (Å²) in [5.74, 6) is 0.358. The summed E-state index contributed by atoms with van der Waals surface area (Å²) < 4.78 is 5.96. The largest absolute Gasteiger partial charge is 0.459 e. The average molecular weight is 428 g/mol. The Morgan fingerprint density at radius 2 is 1.44 bits per heavy atom. The van der Waals surface area contributed by atoms with E-state index in [2.05, 4.69) is 16.0 Å². The molecule has 2 unspecified atom stereocenters. The number of carbonyl (C=O) groups excluding carboxylic acids is 2. The molecule has 0 fully saturated rings. The lowest BCUT2D eigenvalue weighted by atomic mass is 10.1. The second-order valence-electron chi connectivity index (χ2n) is 7.63. The van der Waals surface area contributed by atoms with Crippen molar-refractivity contribution in [2.24, 2.45) is 0 Å². The molecule has 32 heavy (non-hydrogen) atoms. The number of hydrogen-bond acceptors (Lipinski definition) is 3. The van der Waals surface area contributed by atoms with Crippen molar-refractivity contribution in [2.75, 3.05) is 5.32 Å². The van der Waals surface area contributed by atoms with Crippen LogP contribution in [0, 0.1) is 6.92 Å². The molecule has 0 saturated carbocycles. The molecule has 1 heterocycles. The third-order valence-corrected chi connectivity index (χ3v) is 5.33. The molecule has 2 atom stereocenters. The Balaban J connectivity index is 1.50. The van der Waals surface area contributed by atoms with Crippen LogP contribution in [0.5, 0.6) is 0 Å². The van der Waals surface area contributed by atoms with Gasteiger partial charge in [-0.2, -0.15) is 0 Å². The lowest BCUT2D eigenvalue weighted by Gasteiger charge is -2.21. The summed E-state index contributed by atoms with van der Waals surface area (Å²) in [5.41, 5.74) is 3.10. The van der Waals surface area contributed by atoms with Crippen molar-refractivity contribution in [3.8, 4) is 0 Å². The number of para-hydroxylation sites is 2. The molecule has 4 rings (SSSR count). The minimum absolute atomic E-state index is 0.329. The SMILES string of the molecule is Cc1c(C(C)NC(=O)NC(C(=O)Nc2ccccc2)c2ccccc2)oc2ccccc12. The van der Waals surface area contributed by atoms with E-state index in [1.165, 1.54) is 0 Å². The van der Waals surface area contributed by atoms with Gasteiger partial charge < -0.3 is 20.4 Å². The summed E-state index contributed by atoms with van der Waals surface area (Å²) in [6, 6.07) is 24.3. The lowest BCUT2D eigenvalue weighted by Crippen LogP contribution is -2.43. The van der Waals surface area contributed by atoms with Crippen molar-refractivity contribution in [1.82, 2.24) is 10.6 Å². The summed E-state index contributed by atoms with van der Waals surface area (Å²) in [4.78, 5) is 25.9. The maximum atomic E-state index is 13.0. The number of aryl methyl sites for hydroxylation is 1. The molecule has 0 aliphatic carbocycles. The van der Waals surface area contributed by atoms with E-state index in [-0.39, 0.29) is 11.9 Å². The number of carbonyl (C=O) groups is 2. The van der Waals surface area contributed by atoms with Crippen molar-refractivity contribution in [1.29, 1.82) is 0 Å². The molecule has 0 saturated heterocycles. The highest BCUT2D eigenvalue weighted by Crippen LogP contribution is 2.29. The number of furan rings is 1. The molecule has 4 aromatic rings. The lowest BCUT2D eigenvalue weighted by molar-refractivity contribution is -0.118. The fourth-order valence-corrected chi connectivity index (χ4v) is 3.72. The number of fused-ring (bicyclic) bond motifs is 1. The minimum Gasteiger partial charge on any atom is -0.459 e. The van der Waals surface area contributed by atoms with E-state index >= 15 is 0 Å². The summed E-state index contributed by atoms with van der Waals surface area (Å²) in [6.45, 7) is 3.82. The van der Waals surface area contributed by atoms with E-state index in [0.717, 1.165) is 16.5 Å². The van der Waals surface area contributed by atoms with Gasteiger partial charge in [0.1, 0.15) is 17.4 Å². The van der Waals surface area contributed by atoms with Gasteiger partial charge in [0.05, 0.1) is 6.04 Å². The van der Waals surface area contributed by atoms with Crippen molar-refractivity contribution in [3.63, 3.8) is 0 Å². The summed E-state index contributed by atoms with van der Waals surface area (Å²) in [7, 11) is 0. The standard InChI is InChI=1S/C26H25N3O3/c1-17-21-15-9-10-16-22(21)32-24(17)18(2)27-26(31)29-23(19-11-5-3-6-12-19)25(30)28-20-13-7-4-8-14-20/h3-16,18,23H,1-2H3,(H,28,30)(H2,27,29,31). The van der Waals surface area contributed by atoms with Crippen molar-refractivity contribution in [3.05, 3.63) is 102 Å². The maximum Gasteiger partial charge on any atom is 0.316 e. The van der Waals surface area contributed by atoms with Crippen LogP contribution in [0.1, 0.15) is 35.9 Å². The van der Waals surface area contributed by atoms with Gasteiger partial charge in [-0.05, 0) is 37.6 Å². The highest BCUT2D eigenvalue weighted by molar-refractivity contribution is 5.97. The molecule has 3 N–H and O–H groups in total. The van der Waals surface area contributed by atoms with Gasteiger partial charge in [0.15, 0.2) is 0 Å². The zero-order valence-electron chi connectivity index (χ0n) is 18.0. The Hall–Kier alpha value is -4.06. The van der Waals surface area contributed by atoms with Crippen molar-refractivity contribution in [2.45, 2.75) is 25.9 Å². The smallest absolute Gasteiger partial charge is 0.316 e. The van der Waals surface area contributed by atoms with Gasteiger partial charge in [-0.1, -0.05) is 66.7 Å². The molecule has 3 aromatic carbocycles. The quantitative estimate of drug-likeness (QED) is 0.381. The van der Waals surface area contributed by atoms with Gasteiger partial charge in [0.25, 0.3) is 5.91 Å². The molecule has 0 aliphatic heterocycles. The maximum absolute atomic E-state index is 13.0. The first-order valence-corrected chi connectivity index (χ1v) is 10.5. The molecule has 0 spiro atoms. The van der Waals surface area contributed by atoms with Crippen molar-refractivity contribution < 1.29 is 14.0 Å². The zero-order chi connectivity index (χ0) is 22.5. The third-order valence-electron chi connectivity index (χ3n) is 5.33. The molecular weight excluding hydrogens is 402 g/mol. The first-order valence-electron chi connectivity index (χ1n) is 10.5. The molecule has 0 bridgehead atoms. The fraction of sp³-hybridized carbons (Fsp3) is 0.154. The topological polar surface area (TPSA) is 83.4 Å². The number of nitrogens with one attached hydrogen (secondary N) is 3. The van der Waals surface area contributed by atoms with E-state index < -0.39 is 12.1 Å². The van der Waals surface area contributed by atoms with Gasteiger partial charge in [-0.25, -0.2) is 4.79 Å². The van der Waals surface area contributed by atoms with Crippen LogP contribution in [-0.4, -0.2) is 11.9 Å². The molecule has 162 valence electrons. The van der Waals surface area contributed by atoms with Crippen LogP contribution < -0.4 is 16.0 Å². The number of urea groups is 1. The fourth-order valence-electron chi connectivity index (χ4n) is 3.72. The van der Waals surface area contributed by atoms with E-state index in [0.29, 0.717) is 17.0 Å². The molecule has 6 heteroatoms. The second-order valence-corrected chi connectivity index (χ2v) is 7.63. The molecule has 3 amide bonds. The Labute approximate surface area is 186 Å². The highest BCUT2D eigenvalue weighted by atomic mass is 16.3. The summed E-state index contributed by atoms with van der Waals surface area (Å²) >= 11 is 0. The highest BCUT2D eigenvalue weighted by Gasteiger charge is 2.25. The molecule has 6 nitrogen and oxygen atoms in total. The Morgan fingerprint density at radius 1 is 0.812 bits per heavy atom. The van der Waals surface area contributed by atoms with Crippen LogP contribution in [0.25, 0.3) is 11.0 Å². The van der Waals surface area contributed by atoms with Gasteiger partial charge in [0, 0.05) is 16.6 Å². The number of anilines is 1. The Kier molecular flexibility index (Phi) is 6.22. The zero-order valence-corrected chi connectivity index (χ0v) is 18.0. The van der Waals surface area contributed by atoms with Crippen LogP contribution in [0.3, 0.4) is 0 Å². The number of hydrogen-bond donors (Lipinski definition) is 3. The first kappa shape index (κ1) is 21.2. The summed E-state index contributed by atoms with van der Waals surface area (Å²) in [6.07, 6.45) is 0. The average Bonchev–Trinajstić information content (AvgIpc) is 3.15.